The number of hydrogen-bond donors (Lipinski definition) is 1. The van der Waals surface area contributed by atoms with Crippen LogP contribution in [0.4, 0.5) is 0 Å². The molecule has 2 saturated heterocycles. The minimum atomic E-state index is -0.733. The summed E-state index contributed by atoms with van der Waals surface area (Å²) in [5.41, 5.74) is 0.319. The van der Waals surface area contributed by atoms with Crippen LogP contribution >= 0.6 is 11.8 Å². The van der Waals surface area contributed by atoms with E-state index in [1.54, 1.807) is 6.92 Å². The van der Waals surface area contributed by atoms with E-state index in [4.69, 9.17) is 9.47 Å². The number of nitrogens with zero attached hydrogens (tertiary/aromatic N) is 1. The van der Waals surface area contributed by atoms with Crippen LogP contribution in [0.3, 0.4) is 0 Å². The summed E-state index contributed by atoms with van der Waals surface area (Å²) >= 11 is 1.48. The highest BCUT2D eigenvalue weighted by Gasteiger charge is 2.57. The second kappa shape index (κ2) is 6.67. The lowest BCUT2D eigenvalue weighted by atomic mass is 9.92. The Labute approximate surface area is 139 Å². The first-order valence-corrected chi connectivity index (χ1v) is 8.73. The summed E-state index contributed by atoms with van der Waals surface area (Å²) in [7, 11) is 0. The van der Waals surface area contributed by atoms with Crippen molar-refractivity contribution in [2.45, 2.75) is 43.8 Å². The Morgan fingerprint density at radius 3 is 3.04 bits per heavy atom. The average molecular weight is 339 g/mol. The van der Waals surface area contributed by atoms with Crippen LogP contribution in [0, 0.1) is 5.92 Å². The van der Waals surface area contributed by atoms with E-state index in [0.29, 0.717) is 12.1 Å². The van der Waals surface area contributed by atoms with E-state index >= 15 is 0 Å². The molecule has 3 aliphatic rings. The van der Waals surface area contributed by atoms with Crippen molar-refractivity contribution >= 4 is 23.6 Å². The molecule has 1 amide bonds. The number of carbonyl (C=O) groups excluding carboxylic acids is 2. The molecule has 3 rings (SSSR count). The van der Waals surface area contributed by atoms with Gasteiger partial charge >= 0.3 is 5.97 Å². The van der Waals surface area contributed by atoms with Crippen LogP contribution in [0.2, 0.25) is 0 Å². The highest BCUT2D eigenvalue weighted by Crippen LogP contribution is 2.52. The minimum Gasteiger partial charge on any atom is -0.457 e. The average Bonchev–Trinajstić information content (AvgIpc) is 3.11. The largest absolute Gasteiger partial charge is 0.457 e. The number of hydrogen-bond acceptors (Lipinski definition) is 6. The van der Waals surface area contributed by atoms with Crippen molar-refractivity contribution in [3.05, 3.63) is 23.3 Å². The second-order valence-corrected chi connectivity index (χ2v) is 7.19. The first kappa shape index (κ1) is 16.5. The molecule has 0 aromatic rings. The van der Waals surface area contributed by atoms with Gasteiger partial charge in [-0.1, -0.05) is 12.7 Å². The van der Waals surface area contributed by atoms with Crippen molar-refractivity contribution in [3.63, 3.8) is 0 Å². The highest BCUT2D eigenvalue weighted by atomic mass is 32.2. The second-order valence-electron chi connectivity index (χ2n) is 5.98. The van der Waals surface area contributed by atoms with Gasteiger partial charge in [0.25, 0.3) is 0 Å². The summed E-state index contributed by atoms with van der Waals surface area (Å²) in [6.07, 6.45) is 3.42. The standard InChI is InChI=1S/C16H21NO5S/c1-3-6-22-16(20)13-11(8-10-5-4-7-21-10)23-15-12(9(2)18)14(19)17(13)15/h3,9-10,12,15,18H,1,4-8H2,2H3/t9-,10?,12+,15-/m1/s1. The molecule has 0 aromatic heterocycles. The topological polar surface area (TPSA) is 76.1 Å². The van der Waals surface area contributed by atoms with Crippen LogP contribution in [-0.4, -0.2) is 52.7 Å². The molecule has 126 valence electrons. The van der Waals surface area contributed by atoms with Gasteiger partial charge in [-0.05, 0) is 19.8 Å². The van der Waals surface area contributed by atoms with E-state index in [1.165, 1.54) is 22.7 Å². The Morgan fingerprint density at radius 2 is 2.43 bits per heavy atom. The van der Waals surface area contributed by atoms with Crippen molar-refractivity contribution in [2.24, 2.45) is 5.92 Å². The molecule has 2 fully saturated rings. The molecule has 4 atom stereocenters. The first-order valence-electron chi connectivity index (χ1n) is 7.85. The van der Waals surface area contributed by atoms with Crippen LogP contribution in [-0.2, 0) is 19.1 Å². The molecule has 1 unspecified atom stereocenters. The Bertz CT molecular complexity index is 553. The van der Waals surface area contributed by atoms with Gasteiger partial charge in [0.2, 0.25) is 5.91 Å². The first-order chi connectivity index (χ1) is 11.0. The maximum atomic E-state index is 12.4. The smallest absolute Gasteiger partial charge is 0.356 e. The third-order valence-corrected chi connectivity index (χ3v) is 5.72. The summed E-state index contributed by atoms with van der Waals surface area (Å²) in [6.45, 7) is 5.97. The molecule has 0 bridgehead atoms. The summed E-state index contributed by atoms with van der Waals surface area (Å²) < 4.78 is 10.8. The highest BCUT2D eigenvalue weighted by molar-refractivity contribution is 8.04. The van der Waals surface area contributed by atoms with Gasteiger partial charge in [0, 0.05) is 17.9 Å². The Hall–Kier alpha value is -1.31. The summed E-state index contributed by atoms with van der Waals surface area (Å²) in [5.74, 6) is -1.19. The number of esters is 1. The van der Waals surface area contributed by atoms with Crippen LogP contribution in [0.1, 0.15) is 26.2 Å². The van der Waals surface area contributed by atoms with Gasteiger partial charge in [-0.15, -0.1) is 11.8 Å². The zero-order valence-corrected chi connectivity index (χ0v) is 13.9. The van der Waals surface area contributed by atoms with Gasteiger partial charge < -0.3 is 14.6 Å². The molecule has 0 aliphatic carbocycles. The number of aliphatic hydroxyl groups excluding tert-OH is 1. The van der Waals surface area contributed by atoms with Crippen molar-refractivity contribution in [1.82, 2.24) is 4.90 Å². The molecule has 3 heterocycles. The Balaban J connectivity index is 1.81. The molecule has 23 heavy (non-hydrogen) atoms. The zero-order chi connectivity index (χ0) is 16.6. The molecule has 6 nitrogen and oxygen atoms in total. The Morgan fingerprint density at radius 1 is 1.65 bits per heavy atom. The van der Waals surface area contributed by atoms with Crippen LogP contribution in [0.25, 0.3) is 0 Å². The van der Waals surface area contributed by atoms with Gasteiger partial charge in [-0.25, -0.2) is 4.79 Å². The van der Waals surface area contributed by atoms with E-state index in [-0.39, 0.29) is 24.0 Å². The summed E-state index contributed by atoms with van der Waals surface area (Å²) in [6, 6.07) is 0. The maximum absolute atomic E-state index is 12.4. The van der Waals surface area contributed by atoms with E-state index < -0.39 is 18.0 Å². The third-order valence-electron chi connectivity index (χ3n) is 4.33. The number of amides is 1. The molecular weight excluding hydrogens is 318 g/mol. The zero-order valence-electron chi connectivity index (χ0n) is 13.1. The SMILES string of the molecule is C=CCOC(=O)C1=C(CC2CCCO2)S[C@@H]2[C@@H]([C@@H](C)O)C(=O)N12. The molecule has 3 aliphatic heterocycles. The number of fused-ring (bicyclic) bond motifs is 1. The van der Waals surface area contributed by atoms with Gasteiger partial charge in [-0.3, -0.25) is 9.69 Å². The predicted octanol–water partition coefficient (Wildman–Crippen LogP) is 1.41. The number of rotatable bonds is 6. The lowest BCUT2D eigenvalue weighted by Crippen LogP contribution is -2.60. The number of aliphatic hydroxyl groups is 1. The quantitative estimate of drug-likeness (QED) is 0.448. The van der Waals surface area contributed by atoms with Crippen molar-refractivity contribution < 1.29 is 24.2 Å². The van der Waals surface area contributed by atoms with Crippen molar-refractivity contribution in [1.29, 1.82) is 0 Å². The lowest BCUT2D eigenvalue weighted by Gasteiger charge is -2.43. The van der Waals surface area contributed by atoms with E-state index in [1.807, 2.05) is 0 Å². The van der Waals surface area contributed by atoms with Crippen molar-refractivity contribution in [2.75, 3.05) is 13.2 Å². The van der Waals surface area contributed by atoms with E-state index in [9.17, 15) is 14.7 Å². The van der Waals surface area contributed by atoms with Crippen LogP contribution < -0.4 is 0 Å². The number of carbonyl (C=O) groups is 2. The molecule has 7 heteroatoms. The van der Waals surface area contributed by atoms with Gasteiger partial charge in [0.1, 0.15) is 17.7 Å². The van der Waals surface area contributed by atoms with E-state index in [2.05, 4.69) is 6.58 Å². The normalized spacial score (nSPS) is 31.0. The fourth-order valence-electron chi connectivity index (χ4n) is 3.20. The number of thioether (sulfide) groups is 1. The monoisotopic (exact) mass is 339 g/mol. The Kier molecular flexibility index (Phi) is 4.79. The van der Waals surface area contributed by atoms with Gasteiger partial charge in [-0.2, -0.15) is 0 Å². The van der Waals surface area contributed by atoms with E-state index in [0.717, 1.165) is 24.4 Å². The van der Waals surface area contributed by atoms with Crippen LogP contribution in [0.5, 0.6) is 0 Å². The third kappa shape index (κ3) is 2.93. The maximum Gasteiger partial charge on any atom is 0.356 e. The molecule has 0 saturated carbocycles. The van der Waals surface area contributed by atoms with Gasteiger partial charge in [0.15, 0.2) is 0 Å². The predicted molar refractivity (Wildman–Crippen MR) is 85.2 cm³/mol. The van der Waals surface area contributed by atoms with Crippen LogP contribution in [0.15, 0.2) is 23.3 Å². The number of β-lactam (4-membered cyclic amide) rings is 1. The van der Waals surface area contributed by atoms with Gasteiger partial charge in [0.05, 0.1) is 18.1 Å². The minimum absolute atomic E-state index is 0.0820. The molecule has 1 N–H and O–H groups in total. The molecule has 0 aromatic carbocycles. The number of ether oxygens (including phenoxy) is 2. The fourth-order valence-corrected chi connectivity index (χ4v) is 4.87. The molecular formula is C16H21NO5S. The lowest BCUT2D eigenvalue weighted by molar-refractivity contribution is -0.158. The summed E-state index contributed by atoms with van der Waals surface area (Å²) in [5, 5.41) is 9.58. The summed E-state index contributed by atoms with van der Waals surface area (Å²) in [4.78, 5) is 27.0. The van der Waals surface area contributed by atoms with Crippen molar-refractivity contribution in [3.8, 4) is 0 Å². The molecule has 0 spiro atoms. The molecule has 0 radical (unpaired) electrons. The fraction of sp³-hybridized carbons (Fsp3) is 0.625.